The smallest absolute Gasteiger partial charge is 0.267 e. The molecule has 1 heterocycles. The Bertz CT molecular complexity index is 628. The normalized spacial score (nSPS) is 11.4. The molecule has 0 spiro atoms. The van der Waals surface area contributed by atoms with Crippen molar-refractivity contribution < 1.29 is 4.79 Å². The highest BCUT2D eigenvalue weighted by molar-refractivity contribution is 7.08. The molecule has 6 heteroatoms. The Hall–Kier alpha value is -1.95. The largest absolute Gasteiger partial charge is 0.399 e. The van der Waals surface area contributed by atoms with E-state index in [4.69, 9.17) is 5.73 Å². The number of carbonyl (C=O) groups is 1. The van der Waals surface area contributed by atoms with Crippen molar-refractivity contribution in [1.82, 2.24) is 14.5 Å². The van der Waals surface area contributed by atoms with Crippen LogP contribution in [0.5, 0.6) is 0 Å². The third-order valence-electron chi connectivity index (χ3n) is 3.14. The highest BCUT2D eigenvalue weighted by Crippen LogP contribution is 2.26. The lowest BCUT2D eigenvalue weighted by atomic mass is 9.91. The lowest BCUT2D eigenvalue weighted by Crippen LogP contribution is -2.28. The number of hydrogen-bond donors (Lipinski definition) is 1. The van der Waals surface area contributed by atoms with E-state index < -0.39 is 0 Å². The van der Waals surface area contributed by atoms with E-state index in [9.17, 15) is 4.79 Å². The fraction of sp³-hybridized carbons (Fsp3) is 0.400. The molecule has 0 aliphatic heterocycles. The molecule has 21 heavy (non-hydrogen) atoms. The van der Waals surface area contributed by atoms with E-state index in [2.05, 4.69) is 9.59 Å². The van der Waals surface area contributed by atoms with Gasteiger partial charge in [0.25, 0.3) is 5.91 Å². The van der Waals surface area contributed by atoms with Crippen molar-refractivity contribution in [2.24, 2.45) is 0 Å². The molecule has 0 fully saturated rings. The first-order valence-electron chi connectivity index (χ1n) is 6.72. The summed E-state index contributed by atoms with van der Waals surface area (Å²) in [6.07, 6.45) is 0. The van der Waals surface area contributed by atoms with Crippen molar-refractivity contribution in [1.29, 1.82) is 0 Å². The van der Waals surface area contributed by atoms with Crippen molar-refractivity contribution in [3.05, 3.63) is 40.4 Å². The molecule has 1 amide bonds. The number of aromatic nitrogens is 2. The van der Waals surface area contributed by atoms with E-state index in [0.717, 1.165) is 28.5 Å². The van der Waals surface area contributed by atoms with Gasteiger partial charge in [-0.3, -0.25) is 4.79 Å². The van der Waals surface area contributed by atoms with E-state index in [1.54, 1.807) is 11.9 Å². The number of rotatable bonds is 3. The zero-order valence-corrected chi connectivity index (χ0v) is 13.6. The van der Waals surface area contributed by atoms with Crippen LogP contribution in [0, 0.1) is 0 Å². The van der Waals surface area contributed by atoms with Crippen molar-refractivity contribution in [2.45, 2.75) is 32.7 Å². The molecule has 2 aromatic rings. The van der Waals surface area contributed by atoms with E-state index in [0.29, 0.717) is 11.4 Å². The second kappa shape index (κ2) is 5.81. The Morgan fingerprint density at radius 3 is 2.48 bits per heavy atom. The number of benzene rings is 1. The van der Waals surface area contributed by atoms with Crippen LogP contribution in [0.25, 0.3) is 0 Å². The Morgan fingerprint density at radius 2 is 1.90 bits per heavy atom. The Morgan fingerprint density at radius 1 is 1.29 bits per heavy atom. The van der Waals surface area contributed by atoms with Crippen LogP contribution in [-0.2, 0) is 12.0 Å². The lowest BCUT2D eigenvalue weighted by molar-refractivity contribution is 0.0787. The van der Waals surface area contributed by atoms with Crippen molar-refractivity contribution in [2.75, 3.05) is 12.8 Å². The second-order valence-electron chi connectivity index (χ2n) is 6.10. The molecule has 1 aromatic heterocycles. The predicted octanol–water partition coefficient (Wildman–Crippen LogP) is 2.69. The predicted molar refractivity (Wildman–Crippen MR) is 85.3 cm³/mol. The maximum absolute atomic E-state index is 12.6. The molecule has 0 saturated carbocycles. The van der Waals surface area contributed by atoms with Crippen LogP contribution in [0.2, 0.25) is 0 Å². The van der Waals surface area contributed by atoms with Gasteiger partial charge in [-0.15, -0.1) is 5.10 Å². The summed E-state index contributed by atoms with van der Waals surface area (Å²) in [4.78, 5) is 14.9. The summed E-state index contributed by atoms with van der Waals surface area (Å²) in [6.45, 7) is 6.61. The standard InChI is InChI=1S/C15H20N4OS/c1-15(2,3)13-12(21-18-17-13)14(20)19(4)9-10-5-7-11(16)8-6-10/h5-8H,9,16H2,1-4H3. The van der Waals surface area contributed by atoms with Crippen LogP contribution in [0.3, 0.4) is 0 Å². The van der Waals surface area contributed by atoms with Gasteiger partial charge >= 0.3 is 0 Å². The minimum absolute atomic E-state index is 0.0493. The van der Waals surface area contributed by atoms with Crippen molar-refractivity contribution in [3.8, 4) is 0 Å². The quantitative estimate of drug-likeness (QED) is 0.885. The van der Waals surface area contributed by atoms with Gasteiger partial charge in [-0.25, -0.2) is 0 Å². The molecule has 2 rings (SSSR count). The maximum atomic E-state index is 12.6. The number of amides is 1. The Labute approximate surface area is 128 Å². The fourth-order valence-electron chi connectivity index (χ4n) is 1.96. The second-order valence-corrected chi connectivity index (χ2v) is 6.86. The number of nitrogen functional groups attached to an aromatic ring is 1. The van der Waals surface area contributed by atoms with E-state index in [1.165, 1.54) is 0 Å². The van der Waals surface area contributed by atoms with Gasteiger partial charge in [-0.1, -0.05) is 37.4 Å². The highest BCUT2D eigenvalue weighted by Gasteiger charge is 2.27. The molecule has 0 radical (unpaired) electrons. The molecule has 0 unspecified atom stereocenters. The molecule has 0 aliphatic rings. The molecule has 0 atom stereocenters. The summed E-state index contributed by atoms with van der Waals surface area (Å²) in [5.41, 5.74) is 7.98. The topological polar surface area (TPSA) is 72.1 Å². The van der Waals surface area contributed by atoms with Crippen LogP contribution < -0.4 is 5.73 Å². The third-order valence-corrected chi connectivity index (χ3v) is 3.85. The van der Waals surface area contributed by atoms with Gasteiger partial charge in [0.1, 0.15) is 4.88 Å². The number of nitrogens with two attached hydrogens (primary N) is 1. The van der Waals surface area contributed by atoms with Crippen LogP contribution in [0.4, 0.5) is 5.69 Å². The minimum Gasteiger partial charge on any atom is -0.399 e. The van der Waals surface area contributed by atoms with Crippen LogP contribution in [-0.4, -0.2) is 27.4 Å². The summed E-state index contributed by atoms with van der Waals surface area (Å²) in [5.74, 6) is -0.0493. The maximum Gasteiger partial charge on any atom is 0.267 e. The Kier molecular flexibility index (Phi) is 4.27. The van der Waals surface area contributed by atoms with Crippen molar-refractivity contribution >= 4 is 23.1 Å². The summed E-state index contributed by atoms with van der Waals surface area (Å²) in [5, 5.41) is 4.11. The number of carbonyl (C=O) groups excluding carboxylic acids is 1. The third kappa shape index (κ3) is 3.58. The molecule has 0 saturated heterocycles. The first kappa shape index (κ1) is 15.4. The average molecular weight is 304 g/mol. The van der Waals surface area contributed by atoms with Gasteiger partial charge in [0.05, 0.1) is 5.69 Å². The molecule has 112 valence electrons. The summed E-state index contributed by atoms with van der Waals surface area (Å²) in [7, 11) is 1.78. The van der Waals surface area contributed by atoms with Gasteiger partial charge < -0.3 is 10.6 Å². The van der Waals surface area contributed by atoms with Gasteiger partial charge in [0, 0.05) is 24.7 Å². The summed E-state index contributed by atoms with van der Waals surface area (Å²) < 4.78 is 3.94. The zero-order valence-electron chi connectivity index (χ0n) is 12.8. The van der Waals surface area contributed by atoms with Crippen LogP contribution >= 0.6 is 11.5 Å². The molecule has 1 aromatic carbocycles. The average Bonchev–Trinajstić information content (AvgIpc) is 2.89. The zero-order chi connectivity index (χ0) is 15.6. The SMILES string of the molecule is CN(Cc1ccc(N)cc1)C(=O)c1snnc1C(C)(C)C. The van der Waals surface area contributed by atoms with E-state index >= 15 is 0 Å². The molecule has 0 bridgehead atoms. The first-order valence-corrected chi connectivity index (χ1v) is 7.49. The molecular formula is C15H20N4OS. The van der Waals surface area contributed by atoms with Crippen molar-refractivity contribution in [3.63, 3.8) is 0 Å². The highest BCUT2D eigenvalue weighted by atomic mass is 32.1. The van der Waals surface area contributed by atoms with Crippen LogP contribution in [0.15, 0.2) is 24.3 Å². The Balaban J connectivity index is 2.16. The van der Waals surface area contributed by atoms with Gasteiger partial charge in [0.2, 0.25) is 0 Å². The van der Waals surface area contributed by atoms with E-state index in [-0.39, 0.29) is 11.3 Å². The molecule has 2 N–H and O–H groups in total. The monoisotopic (exact) mass is 304 g/mol. The fourth-order valence-corrected chi connectivity index (χ4v) is 2.84. The summed E-state index contributed by atoms with van der Waals surface area (Å²) in [6, 6.07) is 7.52. The van der Waals surface area contributed by atoms with Gasteiger partial charge in [-0.05, 0) is 29.2 Å². The van der Waals surface area contributed by atoms with Gasteiger partial charge in [0.15, 0.2) is 0 Å². The molecule has 5 nitrogen and oxygen atoms in total. The minimum atomic E-state index is -0.194. The summed E-state index contributed by atoms with van der Waals surface area (Å²) >= 11 is 1.15. The van der Waals surface area contributed by atoms with E-state index in [1.807, 2.05) is 45.0 Å². The first-order chi connectivity index (χ1) is 9.79. The molecular weight excluding hydrogens is 284 g/mol. The lowest BCUT2D eigenvalue weighted by Gasteiger charge is -2.20. The van der Waals surface area contributed by atoms with Crippen LogP contribution in [0.1, 0.15) is 41.7 Å². The number of anilines is 1. The molecule has 0 aliphatic carbocycles. The number of hydrogen-bond acceptors (Lipinski definition) is 5. The number of nitrogens with zero attached hydrogens (tertiary/aromatic N) is 3. The van der Waals surface area contributed by atoms with Gasteiger partial charge in [-0.2, -0.15) is 0 Å².